The number of ether oxygens (including phenoxy) is 1. The molecule has 0 saturated heterocycles. The van der Waals surface area contributed by atoms with E-state index in [1.54, 1.807) is 0 Å². The highest BCUT2D eigenvalue weighted by Gasteiger charge is 2.20. The lowest BCUT2D eigenvalue weighted by atomic mass is 10.2. The molecule has 0 atom stereocenters. The summed E-state index contributed by atoms with van der Waals surface area (Å²) < 4.78 is 5.57. The Morgan fingerprint density at radius 2 is 2.07 bits per heavy atom. The maximum Gasteiger partial charge on any atom is 0.0736 e. The molecule has 1 aliphatic carbocycles. The Labute approximate surface area is 85.1 Å². The third kappa shape index (κ3) is 2.74. The summed E-state index contributed by atoms with van der Waals surface area (Å²) in [6.45, 7) is 1.53. The molecule has 0 unspecified atom stereocenters. The fraction of sp³-hybridized carbons (Fsp3) is 0.500. The fourth-order valence-electron chi connectivity index (χ4n) is 1.50. The van der Waals surface area contributed by atoms with Crippen molar-refractivity contribution in [2.75, 3.05) is 12.3 Å². The van der Waals surface area contributed by atoms with E-state index in [0.29, 0.717) is 6.61 Å². The minimum absolute atomic E-state index is 0.652. The van der Waals surface area contributed by atoms with E-state index in [1.165, 1.54) is 19.3 Å². The van der Waals surface area contributed by atoms with Gasteiger partial charge in [-0.15, -0.1) is 0 Å². The van der Waals surface area contributed by atoms with Crippen LogP contribution in [-0.4, -0.2) is 6.61 Å². The number of hydrogen-bond donors (Lipinski definition) is 1. The third-order valence-corrected chi connectivity index (χ3v) is 2.68. The summed E-state index contributed by atoms with van der Waals surface area (Å²) in [7, 11) is 0. The fourth-order valence-corrected chi connectivity index (χ4v) is 1.50. The zero-order chi connectivity index (χ0) is 9.80. The second-order valence-corrected chi connectivity index (χ2v) is 3.98. The van der Waals surface area contributed by atoms with Gasteiger partial charge in [-0.3, -0.25) is 0 Å². The normalized spacial score (nSPS) is 15.7. The van der Waals surface area contributed by atoms with Gasteiger partial charge in [0.05, 0.1) is 6.61 Å². The Balaban J connectivity index is 1.71. The summed E-state index contributed by atoms with van der Waals surface area (Å²) in [5.74, 6) is 0.947. The Morgan fingerprint density at radius 3 is 2.79 bits per heavy atom. The zero-order valence-electron chi connectivity index (χ0n) is 8.41. The molecule has 0 aromatic heterocycles. The van der Waals surface area contributed by atoms with Gasteiger partial charge in [0, 0.05) is 17.9 Å². The quantitative estimate of drug-likeness (QED) is 0.573. The lowest BCUT2D eigenvalue weighted by Gasteiger charge is -2.06. The summed E-state index contributed by atoms with van der Waals surface area (Å²) >= 11 is 0. The van der Waals surface area contributed by atoms with Crippen LogP contribution in [0.1, 0.15) is 24.8 Å². The molecule has 2 N–H and O–H groups in total. The number of benzene rings is 1. The van der Waals surface area contributed by atoms with Gasteiger partial charge in [-0.2, -0.15) is 0 Å². The molecule has 76 valence electrons. The third-order valence-electron chi connectivity index (χ3n) is 2.68. The van der Waals surface area contributed by atoms with Crippen LogP contribution in [-0.2, 0) is 11.3 Å². The zero-order valence-corrected chi connectivity index (χ0v) is 8.41. The number of nitrogens with two attached hydrogens (primary N) is 1. The first-order valence-corrected chi connectivity index (χ1v) is 5.27. The van der Waals surface area contributed by atoms with Gasteiger partial charge in [0.1, 0.15) is 0 Å². The summed E-state index contributed by atoms with van der Waals surface area (Å²) in [6, 6.07) is 7.88. The van der Waals surface area contributed by atoms with Gasteiger partial charge >= 0.3 is 0 Å². The number of nitrogen functional groups attached to an aromatic ring is 1. The van der Waals surface area contributed by atoms with Gasteiger partial charge in [0.25, 0.3) is 0 Å². The molecule has 0 heterocycles. The Morgan fingerprint density at radius 1 is 1.29 bits per heavy atom. The number of hydrogen-bond acceptors (Lipinski definition) is 2. The second-order valence-electron chi connectivity index (χ2n) is 3.98. The van der Waals surface area contributed by atoms with Gasteiger partial charge in [-0.25, -0.2) is 0 Å². The molecule has 1 fully saturated rings. The summed E-state index contributed by atoms with van der Waals surface area (Å²) in [4.78, 5) is 0. The van der Waals surface area contributed by atoms with Crippen LogP contribution in [0.2, 0.25) is 0 Å². The predicted molar refractivity (Wildman–Crippen MR) is 57.9 cm³/mol. The van der Waals surface area contributed by atoms with Crippen LogP contribution in [0.25, 0.3) is 0 Å². The average molecular weight is 191 g/mol. The monoisotopic (exact) mass is 191 g/mol. The van der Waals surface area contributed by atoms with Gasteiger partial charge in [0.15, 0.2) is 0 Å². The molecule has 1 aromatic carbocycles. The maximum atomic E-state index is 5.79. The number of para-hydroxylation sites is 1. The van der Waals surface area contributed by atoms with Crippen LogP contribution in [0.4, 0.5) is 5.69 Å². The van der Waals surface area contributed by atoms with Crippen molar-refractivity contribution in [2.45, 2.75) is 25.9 Å². The molecule has 0 amide bonds. The first kappa shape index (κ1) is 9.53. The largest absolute Gasteiger partial charge is 0.398 e. The second kappa shape index (κ2) is 4.47. The molecule has 0 radical (unpaired) electrons. The minimum atomic E-state index is 0.652. The highest BCUT2D eigenvalue weighted by atomic mass is 16.5. The van der Waals surface area contributed by atoms with Crippen LogP contribution in [0.5, 0.6) is 0 Å². The SMILES string of the molecule is Nc1ccccc1COCCC1CC1. The van der Waals surface area contributed by atoms with Gasteiger partial charge in [-0.1, -0.05) is 31.0 Å². The molecular formula is C12H17NO. The van der Waals surface area contributed by atoms with Crippen LogP contribution in [0.15, 0.2) is 24.3 Å². The van der Waals surface area contributed by atoms with Crippen molar-refractivity contribution in [3.63, 3.8) is 0 Å². The molecule has 0 bridgehead atoms. The van der Waals surface area contributed by atoms with E-state index >= 15 is 0 Å². The molecule has 0 aliphatic heterocycles. The molecule has 14 heavy (non-hydrogen) atoms. The predicted octanol–water partition coefficient (Wildman–Crippen LogP) is 2.59. The van der Waals surface area contributed by atoms with Crippen molar-refractivity contribution < 1.29 is 4.74 Å². The molecule has 2 rings (SSSR count). The molecular weight excluding hydrogens is 174 g/mol. The van der Waals surface area contributed by atoms with E-state index in [2.05, 4.69) is 0 Å². The lowest BCUT2D eigenvalue weighted by Crippen LogP contribution is -1.99. The minimum Gasteiger partial charge on any atom is -0.398 e. The van der Waals surface area contributed by atoms with E-state index in [-0.39, 0.29) is 0 Å². The molecule has 1 saturated carbocycles. The van der Waals surface area contributed by atoms with Crippen LogP contribution >= 0.6 is 0 Å². The van der Waals surface area contributed by atoms with Crippen molar-refractivity contribution in [3.05, 3.63) is 29.8 Å². The van der Waals surface area contributed by atoms with E-state index < -0.39 is 0 Å². The van der Waals surface area contributed by atoms with E-state index in [4.69, 9.17) is 10.5 Å². The Hall–Kier alpha value is -1.02. The molecule has 1 aliphatic rings. The summed E-state index contributed by atoms with van der Waals surface area (Å²) in [5, 5.41) is 0. The molecule has 2 heteroatoms. The van der Waals surface area contributed by atoms with E-state index in [9.17, 15) is 0 Å². The van der Waals surface area contributed by atoms with Gasteiger partial charge in [0.2, 0.25) is 0 Å². The highest BCUT2D eigenvalue weighted by Crippen LogP contribution is 2.32. The van der Waals surface area contributed by atoms with Crippen LogP contribution < -0.4 is 5.73 Å². The van der Waals surface area contributed by atoms with Crippen LogP contribution in [0.3, 0.4) is 0 Å². The van der Waals surface area contributed by atoms with Crippen molar-refractivity contribution >= 4 is 5.69 Å². The average Bonchev–Trinajstić information content (AvgIpc) is 2.99. The van der Waals surface area contributed by atoms with Crippen LogP contribution in [0, 0.1) is 5.92 Å². The highest BCUT2D eigenvalue weighted by molar-refractivity contribution is 5.45. The lowest BCUT2D eigenvalue weighted by molar-refractivity contribution is 0.115. The standard InChI is InChI=1S/C12H17NO/c13-12-4-2-1-3-11(12)9-14-8-7-10-5-6-10/h1-4,10H,5-9,13H2. The maximum absolute atomic E-state index is 5.79. The number of anilines is 1. The van der Waals surface area contributed by atoms with Crippen molar-refractivity contribution in [1.82, 2.24) is 0 Å². The van der Waals surface area contributed by atoms with Gasteiger partial charge in [-0.05, 0) is 18.4 Å². The first-order chi connectivity index (χ1) is 6.86. The Bertz CT molecular complexity index is 294. The van der Waals surface area contributed by atoms with E-state index in [0.717, 1.165) is 23.8 Å². The van der Waals surface area contributed by atoms with E-state index in [1.807, 2.05) is 24.3 Å². The van der Waals surface area contributed by atoms with Crippen molar-refractivity contribution in [3.8, 4) is 0 Å². The molecule has 0 spiro atoms. The molecule has 1 aromatic rings. The van der Waals surface area contributed by atoms with Crippen molar-refractivity contribution in [1.29, 1.82) is 0 Å². The number of rotatable bonds is 5. The van der Waals surface area contributed by atoms with Gasteiger partial charge < -0.3 is 10.5 Å². The summed E-state index contributed by atoms with van der Waals surface area (Å²) in [6.07, 6.45) is 4.01. The first-order valence-electron chi connectivity index (χ1n) is 5.27. The Kier molecular flexibility index (Phi) is 3.04. The smallest absolute Gasteiger partial charge is 0.0736 e. The molecule has 2 nitrogen and oxygen atoms in total. The van der Waals surface area contributed by atoms with Crippen molar-refractivity contribution in [2.24, 2.45) is 5.92 Å². The summed E-state index contributed by atoms with van der Waals surface area (Å²) in [5.41, 5.74) is 7.73. The topological polar surface area (TPSA) is 35.2 Å².